The highest BCUT2D eigenvalue weighted by Gasteiger charge is 2.25. The molecule has 0 heterocycles. The number of nitrogens with zero attached hydrogens (tertiary/aromatic N) is 1. The predicted octanol–water partition coefficient (Wildman–Crippen LogP) is 4.50. The van der Waals surface area contributed by atoms with Crippen molar-refractivity contribution in [1.82, 2.24) is 10.2 Å². The molecule has 0 radical (unpaired) electrons. The van der Waals surface area contributed by atoms with Crippen LogP contribution < -0.4 is 5.32 Å². The van der Waals surface area contributed by atoms with Crippen molar-refractivity contribution in [3.63, 3.8) is 0 Å². The summed E-state index contributed by atoms with van der Waals surface area (Å²) in [6, 6.07) is 18.1. The molecule has 1 atom stereocenters. The Bertz CT molecular complexity index is 1520. The first-order chi connectivity index (χ1) is 19.7. The van der Waals surface area contributed by atoms with Gasteiger partial charge in [-0.15, -0.1) is 0 Å². The number of aliphatic carboxylic acids is 1. The summed E-state index contributed by atoms with van der Waals surface area (Å²) in [4.78, 5) is 37.0. The van der Waals surface area contributed by atoms with Crippen molar-refractivity contribution in [1.29, 1.82) is 0 Å². The zero-order valence-electron chi connectivity index (χ0n) is 23.4. The van der Waals surface area contributed by atoms with Gasteiger partial charge in [0.15, 0.2) is 0 Å². The maximum Gasteiger partial charge on any atom is 0.410 e. The lowest BCUT2D eigenvalue weighted by Gasteiger charge is -2.29. The number of aliphatic hydroxyl groups excluding tert-OH is 1. The third kappa shape index (κ3) is 9.30. The summed E-state index contributed by atoms with van der Waals surface area (Å²) in [5, 5.41) is 22.1. The quantitative estimate of drug-likeness (QED) is 0.285. The summed E-state index contributed by atoms with van der Waals surface area (Å²) in [6.45, 7) is 4.85. The van der Waals surface area contributed by atoms with Crippen molar-refractivity contribution < 1.29 is 37.8 Å². The van der Waals surface area contributed by atoms with E-state index in [0.29, 0.717) is 17.0 Å². The van der Waals surface area contributed by atoms with E-state index in [2.05, 4.69) is 5.32 Å². The fourth-order valence-electron chi connectivity index (χ4n) is 3.89. The minimum Gasteiger partial charge on any atom is -0.480 e. The van der Waals surface area contributed by atoms with Gasteiger partial charge < -0.3 is 25.2 Å². The third-order valence-electron chi connectivity index (χ3n) is 6.01. The van der Waals surface area contributed by atoms with Gasteiger partial charge in [0, 0.05) is 17.1 Å². The van der Waals surface area contributed by atoms with E-state index in [9.17, 15) is 27.9 Å². The zero-order valence-corrected chi connectivity index (χ0v) is 25.0. The molecule has 0 spiro atoms. The van der Waals surface area contributed by atoms with E-state index in [1.807, 2.05) is 0 Å². The van der Waals surface area contributed by atoms with Crippen LogP contribution in [0, 0.1) is 0 Å². The number of hydrogen-bond acceptors (Lipinski definition) is 7. The van der Waals surface area contributed by atoms with Gasteiger partial charge >= 0.3 is 12.1 Å². The molecule has 0 saturated carbocycles. The molecule has 3 rings (SSSR count). The summed E-state index contributed by atoms with van der Waals surface area (Å²) in [5.74, 6) is -1.83. The van der Waals surface area contributed by atoms with Crippen LogP contribution in [0.15, 0.2) is 82.6 Å². The molecule has 0 aliphatic rings. The first kappa shape index (κ1) is 32.6. The molecule has 3 N–H and O–H groups in total. The average Bonchev–Trinajstić information content (AvgIpc) is 2.93. The molecule has 42 heavy (non-hydrogen) atoms. The second-order valence-electron chi connectivity index (χ2n) is 10.5. The molecular formula is C30H33ClN2O8S. The van der Waals surface area contributed by atoms with Gasteiger partial charge in [-0.2, -0.15) is 0 Å². The van der Waals surface area contributed by atoms with Crippen LogP contribution in [-0.4, -0.2) is 66.7 Å². The van der Waals surface area contributed by atoms with Gasteiger partial charge in [0.05, 0.1) is 22.4 Å². The number of nitrogens with one attached hydrogen (secondary N) is 1. The van der Waals surface area contributed by atoms with Crippen LogP contribution in [0.1, 0.15) is 48.4 Å². The van der Waals surface area contributed by atoms with Gasteiger partial charge in [-0.25, -0.2) is 13.2 Å². The number of carbonyl (C=O) groups is 3. The molecule has 12 heteroatoms. The number of rotatable bonds is 11. The first-order valence-electron chi connectivity index (χ1n) is 13.0. The molecule has 0 aliphatic carbocycles. The second kappa shape index (κ2) is 13.8. The molecule has 224 valence electrons. The van der Waals surface area contributed by atoms with Crippen LogP contribution in [0.2, 0.25) is 5.02 Å². The Morgan fingerprint density at radius 3 is 2.12 bits per heavy atom. The number of carbonyl (C=O) groups excluding carboxylic acids is 2. The van der Waals surface area contributed by atoms with Crippen LogP contribution in [-0.2, 0) is 25.8 Å². The maximum absolute atomic E-state index is 13.1. The third-order valence-corrected chi connectivity index (χ3v) is 8.03. The standard InChI is InChI=1S/C30H33ClN2O8S/c1-30(2,3)41-29(38)33(19-26(34)22-5-4-6-23(31)17-22)16-15-20-7-11-24(12-8-20)42(39,40)25-13-9-21(10-14-25)28(37)32-18-27(35)36/h4-14,17,26,34H,15-16,18-19H2,1-3H3,(H,32,37)(H,35,36)/t26-/m0/s1. The van der Waals surface area contributed by atoms with Crippen molar-refractivity contribution in [3.05, 3.63) is 94.5 Å². The highest BCUT2D eigenvalue weighted by atomic mass is 35.5. The van der Waals surface area contributed by atoms with Gasteiger partial charge in [0.2, 0.25) is 9.84 Å². The largest absolute Gasteiger partial charge is 0.480 e. The Hall–Kier alpha value is -3.93. The molecule has 0 aliphatic heterocycles. The van der Waals surface area contributed by atoms with Gasteiger partial charge in [-0.05, 0) is 86.8 Å². The van der Waals surface area contributed by atoms with Crippen molar-refractivity contribution in [2.24, 2.45) is 0 Å². The molecule has 10 nitrogen and oxygen atoms in total. The smallest absolute Gasteiger partial charge is 0.410 e. The molecule has 2 amide bonds. The molecule has 0 unspecified atom stereocenters. The van der Waals surface area contributed by atoms with Crippen molar-refractivity contribution >= 4 is 39.4 Å². The van der Waals surface area contributed by atoms with Crippen molar-refractivity contribution in [3.8, 4) is 0 Å². The van der Waals surface area contributed by atoms with E-state index >= 15 is 0 Å². The Morgan fingerprint density at radius 1 is 0.976 bits per heavy atom. The Balaban J connectivity index is 1.71. The summed E-state index contributed by atoms with van der Waals surface area (Å²) in [5.41, 5.74) is 0.692. The first-order valence-corrected chi connectivity index (χ1v) is 14.9. The minimum absolute atomic E-state index is 0.0314. The number of hydrogen-bond donors (Lipinski definition) is 3. The number of carboxylic acids is 1. The zero-order chi connectivity index (χ0) is 31.1. The van der Waals surface area contributed by atoms with E-state index in [0.717, 1.165) is 5.56 Å². The normalized spacial score (nSPS) is 12.3. The number of halogens is 1. The van der Waals surface area contributed by atoms with E-state index in [4.69, 9.17) is 21.4 Å². The number of aliphatic hydroxyl groups is 1. The fourth-order valence-corrected chi connectivity index (χ4v) is 5.35. The van der Waals surface area contributed by atoms with Crippen molar-refractivity contribution in [2.45, 2.75) is 48.7 Å². The molecule has 0 bridgehead atoms. The van der Waals surface area contributed by atoms with Crippen LogP contribution >= 0.6 is 11.6 Å². The highest BCUT2D eigenvalue weighted by Crippen LogP contribution is 2.23. The lowest BCUT2D eigenvalue weighted by Crippen LogP contribution is -2.40. The Morgan fingerprint density at radius 2 is 1.57 bits per heavy atom. The summed E-state index contributed by atoms with van der Waals surface area (Å²) in [7, 11) is -3.89. The molecule has 0 saturated heterocycles. The fraction of sp³-hybridized carbons (Fsp3) is 0.300. The van der Waals surface area contributed by atoms with Crippen LogP contribution in [0.25, 0.3) is 0 Å². The van der Waals surface area contributed by atoms with Crippen molar-refractivity contribution in [2.75, 3.05) is 19.6 Å². The van der Waals surface area contributed by atoms with E-state index < -0.39 is 46.1 Å². The predicted molar refractivity (Wildman–Crippen MR) is 156 cm³/mol. The SMILES string of the molecule is CC(C)(C)OC(=O)N(CCc1ccc(S(=O)(=O)c2ccc(C(=O)NCC(=O)O)cc2)cc1)C[C@H](O)c1cccc(Cl)c1. The Kier molecular flexibility index (Phi) is 10.7. The van der Waals surface area contributed by atoms with Gasteiger partial charge in [0.25, 0.3) is 5.91 Å². The number of carboxylic acid groups (broad SMARTS) is 1. The summed E-state index contributed by atoms with van der Waals surface area (Å²) >= 11 is 6.05. The number of ether oxygens (including phenoxy) is 1. The minimum atomic E-state index is -3.89. The van der Waals surface area contributed by atoms with Crippen LogP contribution in [0.4, 0.5) is 4.79 Å². The van der Waals surface area contributed by atoms with E-state index in [1.54, 1.807) is 57.2 Å². The second-order valence-corrected chi connectivity index (χ2v) is 12.9. The molecule has 0 fully saturated rings. The number of sulfone groups is 1. The topological polar surface area (TPSA) is 150 Å². The van der Waals surface area contributed by atoms with E-state index in [1.165, 1.54) is 41.3 Å². The molecule has 3 aromatic rings. The summed E-state index contributed by atoms with van der Waals surface area (Å²) in [6.07, 6.45) is -1.23. The Labute approximate surface area is 249 Å². The lowest BCUT2D eigenvalue weighted by molar-refractivity contribution is -0.135. The average molecular weight is 617 g/mol. The summed E-state index contributed by atoms with van der Waals surface area (Å²) < 4.78 is 31.8. The highest BCUT2D eigenvalue weighted by molar-refractivity contribution is 7.91. The molecule has 3 aromatic carbocycles. The lowest BCUT2D eigenvalue weighted by atomic mass is 10.1. The molecular weight excluding hydrogens is 584 g/mol. The van der Waals surface area contributed by atoms with Crippen LogP contribution in [0.5, 0.6) is 0 Å². The molecule has 0 aromatic heterocycles. The van der Waals surface area contributed by atoms with Crippen LogP contribution in [0.3, 0.4) is 0 Å². The van der Waals surface area contributed by atoms with Gasteiger partial charge in [-0.3, -0.25) is 9.59 Å². The maximum atomic E-state index is 13.1. The van der Waals surface area contributed by atoms with Gasteiger partial charge in [0.1, 0.15) is 12.1 Å². The van der Waals surface area contributed by atoms with Gasteiger partial charge in [-0.1, -0.05) is 35.9 Å². The van der Waals surface area contributed by atoms with E-state index in [-0.39, 0.29) is 28.4 Å². The monoisotopic (exact) mass is 616 g/mol. The number of benzene rings is 3. The number of amides is 2.